The third kappa shape index (κ3) is 3.47. The zero-order valence-corrected chi connectivity index (χ0v) is 12.5. The van der Waals surface area contributed by atoms with Gasteiger partial charge in [0.2, 0.25) is 0 Å². The number of hydrogen-bond donors (Lipinski definition) is 1. The highest BCUT2D eigenvalue weighted by molar-refractivity contribution is 5.75. The van der Waals surface area contributed by atoms with Gasteiger partial charge in [-0.1, -0.05) is 32.6 Å². The largest absolute Gasteiger partial charge is 0.481 e. The zero-order chi connectivity index (χ0) is 13.8. The third-order valence-corrected chi connectivity index (χ3v) is 4.95. The average Bonchev–Trinajstić information content (AvgIpc) is 2.55. The fourth-order valence-corrected chi connectivity index (χ4v) is 2.78. The van der Waals surface area contributed by atoms with Crippen LogP contribution in [0.15, 0.2) is 0 Å². The molecular formula is C15H29NO2. The van der Waals surface area contributed by atoms with Gasteiger partial charge in [0.1, 0.15) is 0 Å². The predicted molar refractivity (Wildman–Crippen MR) is 74.8 cm³/mol. The van der Waals surface area contributed by atoms with E-state index in [2.05, 4.69) is 32.7 Å². The summed E-state index contributed by atoms with van der Waals surface area (Å²) in [5.74, 6) is -0.594. The zero-order valence-electron chi connectivity index (χ0n) is 12.5. The first kappa shape index (κ1) is 15.5. The summed E-state index contributed by atoms with van der Waals surface area (Å²) in [6.45, 7) is 7.23. The van der Waals surface area contributed by atoms with Gasteiger partial charge in [-0.3, -0.25) is 4.79 Å². The highest BCUT2D eigenvalue weighted by Crippen LogP contribution is 2.37. The van der Waals surface area contributed by atoms with Gasteiger partial charge < -0.3 is 10.0 Å². The van der Waals surface area contributed by atoms with Gasteiger partial charge in [-0.15, -0.1) is 0 Å². The second kappa shape index (κ2) is 6.05. The number of hydrogen-bond acceptors (Lipinski definition) is 2. The molecule has 1 N–H and O–H groups in total. The van der Waals surface area contributed by atoms with Crippen molar-refractivity contribution in [3.05, 3.63) is 0 Å². The van der Waals surface area contributed by atoms with E-state index in [0.717, 1.165) is 32.1 Å². The van der Waals surface area contributed by atoms with Gasteiger partial charge in [-0.2, -0.15) is 0 Å². The molecule has 3 heteroatoms. The van der Waals surface area contributed by atoms with Crippen molar-refractivity contribution < 1.29 is 9.90 Å². The SMILES string of the molecule is CCC(C)(C)N(C)CC1(C(=O)O)CCCCCC1. The van der Waals surface area contributed by atoms with Gasteiger partial charge in [0, 0.05) is 12.1 Å². The molecule has 0 unspecified atom stereocenters. The number of carboxylic acid groups (broad SMARTS) is 1. The van der Waals surface area contributed by atoms with Crippen LogP contribution in [0.1, 0.15) is 65.7 Å². The van der Waals surface area contributed by atoms with Crippen LogP contribution in [0.5, 0.6) is 0 Å². The summed E-state index contributed by atoms with van der Waals surface area (Å²) in [6, 6.07) is 0. The van der Waals surface area contributed by atoms with E-state index < -0.39 is 11.4 Å². The monoisotopic (exact) mass is 255 g/mol. The van der Waals surface area contributed by atoms with Crippen LogP contribution in [0, 0.1) is 5.41 Å². The van der Waals surface area contributed by atoms with E-state index in [9.17, 15) is 9.90 Å². The number of aliphatic carboxylic acids is 1. The molecule has 0 aliphatic heterocycles. The van der Waals surface area contributed by atoms with Crippen LogP contribution in [-0.4, -0.2) is 35.1 Å². The summed E-state index contributed by atoms with van der Waals surface area (Å²) in [5.41, 5.74) is -0.438. The molecule has 0 aromatic heterocycles. The third-order valence-electron chi connectivity index (χ3n) is 4.95. The van der Waals surface area contributed by atoms with Crippen molar-refractivity contribution in [1.82, 2.24) is 4.90 Å². The van der Waals surface area contributed by atoms with Gasteiger partial charge in [0.15, 0.2) is 0 Å². The van der Waals surface area contributed by atoms with E-state index in [1.807, 2.05) is 0 Å². The maximum Gasteiger partial charge on any atom is 0.310 e. The highest BCUT2D eigenvalue weighted by atomic mass is 16.4. The van der Waals surface area contributed by atoms with Crippen molar-refractivity contribution in [3.63, 3.8) is 0 Å². The topological polar surface area (TPSA) is 40.5 Å². The molecule has 0 heterocycles. The maximum atomic E-state index is 11.8. The Kier molecular flexibility index (Phi) is 5.20. The minimum Gasteiger partial charge on any atom is -0.481 e. The van der Waals surface area contributed by atoms with E-state index in [1.54, 1.807) is 0 Å². The Bertz CT molecular complexity index is 278. The first-order valence-corrected chi connectivity index (χ1v) is 7.29. The first-order valence-electron chi connectivity index (χ1n) is 7.29. The Morgan fingerprint density at radius 2 is 1.72 bits per heavy atom. The molecule has 0 amide bonds. The van der Waals surface area contributed by atoms with Crippen LogP contribution in [-0.2, 0) is 4.79 Å². The van der Waals surface area contributed by atoms with Gasteiger partial charge in [0.25, 0.3) is 0 Å². The molecule has 1 aliphatic carbocycles. The van der Waals surface area contributed by atoms with Gasteiger partial charge in [-0.05, 0) is 40.2 Å². The molecule has 0 atom stereocenters. The minimum atomic E-state index is -0.594. The van der Waals surface area contributed by atoms with Crippen molar-refractivity contribution in [1.29, 1.82) is 0 Å². The number of rotatable bonds is 5. The Morgan fingerprint density at radius 3 is 2.11 bits per heavy atom. The molecule has 106 valence electrons. The van der Waals surface area contributed by atoms with Crippen molar-refractivity contribution in [2.24, 2.45) is 5.41 Å². The Hall–Kier alpha value is -0.570. The molecule has 0 aromatic carbocycles. The van der Waals surface area contributed by atoms with Crippen LogP contribution in [0.25, 0.3) is 0 Å². The van der Waals surface area contributed by atoms with E-state index in [1.165, 1.54) is 12.8 Å². The summed E-state index contributed by atoms with van der Waals surface area (Å²) in [4.78, 5) is 14.0. The normalized spacial score (nSPS) is 20.7. The summed E-state index contributed by atoms with van der Waals surface area (Å²) in [5, 5.41) is 9.67. The maximum absolute atomic E-state index is 11.8. The first-order chi connectivity index (χ1) is 8.34. The van der Waals surface area contributed by atoms with E-state index in [4.69, 9.17) is 0 Å². The van der Waals surface area contributed by atoms with Crippen LogP contribution >= 0.6 is 0 Å². The quantitative estimate of drug-likeness (QED) is 0.764. The molecule has 18 heavy (non-hydrogen) atoms. The number of carbonyl (C=O) groups is 1. The lowest BCUT2D eigenvalue weighted by Crippen LogP contribution is -2.49. The van der Waals surface area contributed by atoms with Crippen LogP contribution in [0.2, 0.25) is 0 Å². The predicted octanol–water partition coefficient (Wildman–Crippen LogP) is 3.53. The molecule has 1 aliphatic rings. The lowest BCUT2D eigenvalue weighted by Gasteiger charge is -2.41. The Morgan fingerprint density at radius 1 is 1.22 bits per heavy atom. The number of nitrogens with zero attached hydrogens (tertiary/aromatic N) is 1. The van der Waals surface area contributed by atoms with Crippen molar-refractivity contribution in [2.75, 3.05) is 13.6 Å². The Balaban J connectivity index is 2.82. The van der Waals surface area contributed by atoms with E-state index in [-0.39, 0.29) is 5.54 Å². The van der Waals surface area contributed by atoms with Crippen LogP contribution in [0.3, 0.4) is 0 Å². The summed E-state index contributed by atoms with van der Waals surface area (Å²) < 4.78 is 0. The molecule has 1 fully saturated rings. The average molecular weight is 255 g/mol. The summed E-state index contributed by atoms with van der Waals surface area (Å²) >= 11 is 0. The molecular weight excluding hydrogens is 226 g/mol. The van der Waals surface area contributed by atoms with Gasteiger partial charge in [0.05, 0.1) is 5.41 Å². The van der Waals surface area contributed by atoms with E-state index in [0.29, 0.717) is 6.54 Å². The molecule has 1 saturated carbocycles. The number of carboxylic acids is 1. The molecule has 0 radical (unpaired) electrons. The highest BCUT2D eigenvalue weighted by Gasteiger charge is 2.41. The van der Waals surface area contributed by atoms with Crippen molar-refractivity contribution in [3.8, 4) is 0 Å². The lowest BCUT2D eigenvalue weighted by atomic mass is 9.79. The second-order valence-corrected chi connectivity index (χ2v) is 6.52. The molecule has 3 nitrogen and oxygen atoms in total. The van der Waals surface area contributed by atoms with Crippen LogP contribution < -0.4 is 0 Å². The molecule has 0 aromatic rings. The van der Waals surface area contributed by atoms with Crippen molar-refractivity contribution in [2.45, 2.75) is 71.3 Å². The smallest absolute Gasteiger partial charge is 0.310 e. The fraction of sp³-hybridized carbons (Fsp3) is 0.933. The van der Waals surface area contributed by atoms with E-state index >= 15 is 0 Å². The van der Waals surface area contributed by atoms with Crippen LogP contribution in [0.4, 0.5) is 0 Å². The summed E-state index contributed by atoms with van der Waals surface area (Å²) in [6.07, 6.45) is 7.23. The molecule has 1 rings (SSSR count). The second-order valence-electron chi connectivity index (χ2n) is 6.52. The molecule has 0 saturated heterocycles. The lowest BCUT2D eigenvalue weighted by molar-refractivity contribution is -0.152. The fourth-order valence-electron chi connectivity index (χ4n) is 2.78. The van der Waals surface area contributed by atoms with Crippen molar-refractivity contribution >= 4 is 5.97 Å². The standard InChI is InChI=1S/C15H29NO2/c1-5-14(2,3)16(4)12-15(13(17)18)10-8-6-7-9-11-15/h5-12H2,1-4H3,(H,17,18). The van der Waals surface area contributed by atoms with Gasteiger partial charge in [-0.25, -0.2) is 0 Å². The summed E-state index contributed by atoms with van der Waals surface area (Å²) in [7, 11) is 2.07. The molecule has 0 bridgehead atoms. The molecule has 0 spiro atoms. The minimum absolute atomic E-state index is 0.0781. The van der Waals surface area contributed by atoms with Gasteiger partial charge >= 0.3 is 5.97 Å². The Labute approximate surface area is 112 Å².